The third kappa shape index (κ3) is 5.83. The van der Waals surface area contributed by atoms with Crippen molar-refractivity contribution in [3.8, 4) is 0 Å². The van der Waals surface area contributed by atoms with Crippen LogP contribution in [-0.4, -0.2) is 28.8 Å². The maximum absolute atomic E-state index is 11.6. The minimum Gasteiger partial charge on any atom is -0.481 e. The van der Waals surface area contributed by atoms with Crippen molar-refractivity contribution in [3.05, 3.63) is 0 Å². The predicted molar refractivity (Wildman–Crippen MR) is 54.3 cm³/mol. The van der Waals surface area contributed by atoms with Crippen LogP contribution in [0.25, 0.3) is 0 Å². The molecule has 0 aromatic carbocycles. The van der Waals surface area contributed by atoms with E-state index in [-0.39, 0.29) is 30.4 Å². The van der Waals surface area contributed by atoms with Gasteiger partial charge < -0.3 is 10.4 Å². The van der Waals surface area contributed by atoms with Gasteiger partial charge in [0.15, 0.2) is 5.78 Å². The van der Waals surface area contributed by atoms with Crippen molar-refractivity contribution in [2.75, 3.05) is 0 Å². The number of hydrogen-bond acceptors (Lipinski definition) is 3. The van der Waals surface area contributed by atoms with Crippen LogP contribution in [0.5, 0.6) is 0 Å². The van der Waals surface area contributed by atoms with Gasteiger partial charge in [0.2, 0.25) is 5.91 Å². The zero-order valence-electron chi connectivity index (χ0n) is 9.24. The minimum atomic E-state index is -0.970. The molecule has 0 bridgehead atoms. The maximum Gasteiger partial charge on any atom is 0.303 e. The second-order valence-corrected chi connectivity index (χ2v) is 3.74. The molecule has 0 saturated carbocycles. The van der Waals surface area contributed by atoms with Crippen LogP contribution in [0.2, 0.25) is 0 Å². The summed E-state index contributed by atoms with van der Waals surface area (Å²) in [6, 6.07) is -0.682. The normalized spacial score (nSPS) is 12.3. The van der Waals surface area contributed by atoms with E-state index in [0.717, 1.165) is 0 Å². The summed E-state index contributed by atoms with van der Waals surface area (Å²) in [7, 11) is 0. The van der Waals surface area contributed by atoms with E-state index < -0.39 is 12.0 Å². The van der Waals surface area contributed by atoms with Crippen LogP contribution in [0.3, 0.4) is 0 Å². The van der Waals surface area contributed by atoms with Gasteiger partial charge in [-0.25, -0.2) is 0 Å². The fourth-order valence-electron chi connectivity index (χ4n) is 1.20. The second kappa shape index (κ2) is 6.16. The van der Waals surface area contributed by atoms with Gasteiger partial charge in [0, 0.05) is 19.3 Å². The van der Waals surface area contributed by atoms with E-state index in [1.807, 2.05) is 0 Å². The summed E-state index contributed by atoms with van der Waals surface area (Å²) in [6.45, 7) is 4.75. The molecule has 0 aliphatic carbocycles. The minimum absolute atomic E-state index is 0.122. The lowest BCUT2D eigenvalue weighted by Gasteiger charge is -2.17. The molecule has 0 spiro atoms. The molecule has 0 aromatic heterocycles. The number of aliphatic carboxylic acids is 1. The van der Waals surface area contributed by atoms with Crippen LogP contribution in [0.15, 0.2) is 0 Å². The number of amides is 1. The van der Waals surface area contributed by atoms with Crippen molar-refractivity contribution < 1.29 is 19.5 Å². The predicted octanol–water partition coefficient (Wildman–Crippen LogP) is 0.581. The largest absolute Gasteiger partial charge is 0.481 e. The second-order valence-electron chi connectivity index (χ2n) is 3.74. The quantitative estimate of drug-likeness (QED) is 0.679. The van der Waals surface area contributed by atoms with E-state index in [0.29, 0.717) is 0 Å². The molecule has 5 nitrogen and oxygen atoms in total. The molecular formula is C10H17NO4. The van der Waals surface area contributed by atoms with Crippen molar-refractivity contribution >= 4 is 17.7 Å². The number of carboxylic acids is 1. The Labute approximate surface area is 88.9 Å². The molecule has 86 valence electrons. The molecule has 5 heteroatoms. The molecule has 0 fully saturated rings. The van der Waals surface area contributed by atoms with Crippen molar-refractivity contribution in [2.24, 2.45) is 5.92 Å². The van der Waals surface area contributed by atoms with Crippen LogP contribution in [-0.2, 0) is 14.4 Å². The average Bonchev–Trinajstić information content (AvgIpc) is 2.10. The average molecular weight is 215 g/mol. The smallest absolute Gasteiger partial charge is 0.303 e. The number of carbonyl (C=O) groups excluding carboxylic acids is 2. The van der Waals surface area contributed by atoms with Crippen LogP contribution in [0.4, 0.5) is 0 Å². The van der Waals surface area contributed by atoms with E-state index in [9.17, 15) is 14.4 Å². The van der Waals surface area contributed by atoms with E-state index in [2.05, 4.69) is 5.32 Å². The van der Waals surface area contributed by atoms with Crippen LogP contribution in [0, 0.1) is 5.92 Å². The first-order valence-corrected chi connectivity index (χ1v) is 4.87. The molecule has 0 rings (SSSR count). The van der Waals surface area contributed by atoms with E-state index in [1.54, 1.807) is 13.8 Å². The third-order valence-electron chi connectivity index (χ3n) is 1.94. The number of carbonyl (C=O) groups is 3. The van der Waals surface area contributed by atoms with E-state index >= 15 is 0 Å². The number of hydrogen-bond donors (Lipinski definition) is 2. The van der Waals surface area contributed by atoms with Gasteiger partial charge in [-0.3, -0.25) is 14.4 Å². The number of Topliss-reactive ketones (excluding diaryl/α,β-unsaturated/α-hetero) is 1. The first kappa shape index (κ1) is 13.6. The molecule has 2 N–H and O–H groups in total. The molecule has 0 aliphatic rings. The van der Waals surface area contributed by atoms with Crippen LogP contribution < -0.4 is 5.32 Å². The van der Waals surface area contributed by atoms with E-state index in [4.69, 9.17) is 5.11 Å². The van der Waals surface area contributed by atoms with Gasteiger partial charge in [0.05, 0.1) is 6.04 Å². The lowest BCUT2D eigenvalue weighted by Crippen LogP contribution is -2.41. The van der Waals surface area contributed by atoms with Gasteiger partial charge in [-0.15, -0.1) is 0 Å². The third-order valence-corrected chi connectivity index (χ3v) is 1.94. The van der Waals surface area contributed by atoms with Gasteiger partial charge in [-0.1, -0.05) is 13.8 Å². The van der Waals surface area contributed by atoms with Gasteiger partial charge in [0.25, 0.3) is 0 Å². The van der Waals surface area contributed by atoms with Crippen molar-refractivity contribution in [3.63, 3.8) is 0 Å². The summed E-state index contributed by atoms with van der Waals surface area (Å²) in [5.41, 5.74) is 0. The standard InChI is InChI=1S/C10H17NO4/c1-6(2)10(15)8(11-7(3)12)4-5-9(13)14/h6,8H,4-5H2,1-3H3,(H,11,12)(H,13,14)/t8-/m0/s1. The summed E-state index contributed by atoms with van der Waals surface area (Å²) >= 11 is 0. The van der Waals surface area contributed by atoms with Gasteiger partial charge >= 0.3 is 5.97 Å². The summed E-state index contributed by atoms with van der Waals surface area (Å²) in [5, 5.41) is 11.0. The molecule has 0 aliphatic heterocycles. The van der Waals surface area contributed by atoms with Crippen molar-refractivity contribution in [1.82, 2.24) is 5.32 Å². The molecule has 1 amide bonds. The Bertz CT molecular complexity index is 260. The number of carboxylic acid groups (broad SMARTS) is 1. The lowest BCUT2D eigenvalue weighted by molar-refractivity contribution is -0.137. The molecule has 0 aromatic rings. The Morgan fingerprint density at radius 1 is 1.27 bits per heavy atom. The lowest BCUT2D eigenvalue weighted by atomic mass is 9.98. The summed E-state index contributed by atoms with van der Waals surface area (Å²) in [6.07, 6.45) is 0.0231. The summed E-state index contributed by atoms with van der Waals surface area (Å²) < 4.78 is 0. The molecule has 0 heterocycles. The number of ketones is 1. The van der Waals surface area contributed by atoms with E-state index in [1.165, 1.54) is 6.92 Å². The first-order valence-electron chi connectivity index (χ1n) is 4.87. The summed E-state index contributed by atoms with van der Waals surface area (Å²) in [5.74, 6) is -1.64. The van der Waals surface area contributed by atoms with Crippen molar-refractivity contribution in [1.29, 1.82) is 0 Å². The van der Waals surface area contributed by atoms with Gasteiger partial charge in [0.1, 0.15) is 0 Å². The monoisotopic (exact) mass is 215 g/mol. The zero-order chi connectivity index (χ0) is 12.0. The Balaban J connectivity index is 4.36. The Kier molecular flexibility index (Phi) is 5.59. The number of rotatable bonds is 6. The molecule has 0 radical (unpaired) electrons. The molecule has 0 unspecified atom stereocenters. The molecular weight excluding hydrogens is 198 g/mol. The van der Waals surface area contributed by atoms with Crippen LogP contribution in [0.1, 0.15) is 33.6 Å². The fraction of sp³-hybridized carbons (Fsp3) is 0.700. The Morgan fingerprint density at radius 3 is 2.13 bits per heavy atom. The SMILES string of the molecule is CC(=O)N[C@@H](CCC(=O)O)C(=O)C(C)C. The molecule has 0 saturated heterocycles. The fourth-order valence-corrected chi connectivity index (χ4v) is 1.20. The van der Waals surface area contributed by atoms with Gasteiger partial charge in [-0.2, -0.15) is 0 Å². The topological polar surface area (TPSA) is 83.5 Å². The highest BCUT2D eigenvalue weighted by molar-refractivity contribution is 5.89. The van der Waals surface area contributed by atoms with Crippen molar-refractivity contribution in [2.45, 2.75) is 39.7 Å². The molecule has 15 heavy (non-hydrogen) atoms. The zero-order valence-corrected chi connectivity index (χ0v) is 9.24. The molecule has 1 atom stereocenters. The van der Waals surface area contributed by atoms with Gasteiger partial charge in [-0.05, 0) is 6.42 Å². The highest BCUT2D eigenvalue weighted by Gasteiger charge is 2.22. The number of nitrogens with one attached hydrogen (secondary N) is 1. The van der Waals surface area contributed by atoms with Crippen LogP contribution >= 0.6 is 0 Å². The summed E-state index contributed by atoms with van der Waals surface area (Å²) in [4.78, 5) is 32.8. The highest BCUT2D eigenvalue weighted by Crippen LogP contribution is 2.06. The Hall–Kier alpha value is -1.39. The maximum atomic E-state index is 11.6. The Morgan fingerprint density at radius 2 is 1.80 bits per heavy atom. The highest BCUT2D eigenvalue weighted by atomic mass is 16.4. The first-order chi connectivity index (χ1) is 6.84.